The van der Waals surface area contributed by atoms with Crippen LogP contribution in [0.25, 0.3) is 0 Å². The van der Waals surface area contributed by atoms with Crippen LogP contribution in [-0.2, 0) is 15.0 Å². The summed E-state index contributed by atoms with van der Waals surface area (Å²) in [5, 5.41) is 4.98. The van der Waals surface area contributed by atoms with Crippen molar-refractivity contribution in [2.24, 2.45) is 16.9 Å². The number of halogens is 1. The summed E-state index contributed by atoms with van der Waals surface area (Å²) in [7, 11) is 0. The Hall–Kier alpha value is -4.55. The van der Waals surface area contributed by atoms with Crippen LogP contribution in [0.1, 0.15) is 44.1 Å². The number of benzene rings is 4. The second kappa shape index (κ2) is 9.00. The monoisotopic (exact) mass is 545 g/mol. The van der Waals surface area contributed by atoms with Gasteiger partial charge in [0.05, 0.1) is 22.9 Å². The van der Waals surface area contributed by atoms with E-state index in [1.807, 2.05) is 79.7 Å². The number of carbonyl (C=O) groups is 3. The number of rotatable bonds is 4. The summed E-state index contributed by atoms with van der Waals surface area (Å²) in [5.74, 6) is -2.45. The van der Waals surface area contributed by atoms with Gasteiger partial charge in [-0.15, -0.1) is 0 Å². The van der Waals surface area contributed by atoms with Gasteiger partial charge in [-0.05, 0) is 65.6 Å². The van der Waals surface area contributed by atoms with Gasteiger partial charge in [0.15, 0.2) is 0 Å². The molecule has 0 spiro atoms. The third-order valence-electron chi connectivity index (χ3n) is 8.52. The van der Waals surface area contributed by atoms with Crippen molar-refractivity contribution in [2.45, 2.75) is 18.3 Å². The molecule has 1 fully saturated rings. The van der Waals surface area contributed by atoms with Crippen molar-refractivity contribution in [3.05, 3.63) is 135 Å². The Balaban J connectivity index is 1.39. The van der Waals surface area contributed by atoms with Gasteiger partial charge in [-0.3, -0.25) is 14.4 Å². The van der Waals surface area contributed by atoms with Gasteiger partial charge < -0.3 is 0 Å². The third kappa shape index (κ3) is 3.36. The molecule has 1 heterocycles. The van der Waals surface area contributed by atoms with Crippen molar-refractivity contribution in [1.82, 2.24) is 5.43 Å². The lowest BCUT2D eigenvalue weighted by atomic mass is 9.47. The lowest BCUT2D eigenvalue weighted by Crippen LogP contribution is -2.54. The second-order valence-corrected chi connectivity index (χ2v) is 11.0. The van der Waals surface area contributed by atoms with Crippen LogP contribution in [0.15, 0.2) is 102 Å². The number of amides is 3. The number of nitrogens with zero attached hydrogens (tertiary/aromatic N) is 2. The molecule has 3 amide bonds. The maximum atomic E-state index is 14.3. The number of nitrogens with one attached hydrogen (secondary N) is 1. The number of hydrogen-bond donors (Lipinski definition) is 1. The van der Waals surface area contributed by atoms with Crippen LogP contribution >= 0.6 is 11.6 Å². The van der Waals surface area contributed by atoms with Gasteiger partial charge in [-0.25, -0.2) is 10.3 Å². The van der Waals surface area contributed by atoms with Crippen molar-refractivity contribution in [2.75, 3.05) is 4.90 Å². The average molecular weight is 546 g/mol. The normalized spacial score (nSPS) is 24.1. The number of aryl methyl sites for hydroxylation is 1. The maximum absolute atomic E-state index is 14.3. The molecule has 8 rings (SSSR count). The fourth-order valence-corrected chi connectivity index (χ4v) is 6.98. The van der Waals surface area contributed by atoms with E-state index in [0.717, 1.165) is 27.8 Å². The van der Waals surface area contributed by atoms with E-state index in [-0.39, 0.29) is 17.7 Å². The molecule has 40 heavy (non-hydrogen) atoms. The number of hydrazone groups is 1. The topological polar surface area (TPSA) is 78.8 Å². The number of hydrogen-bond acceptors (Lipinski definition) is 4. The Kier molecular flexibility index (Phi) is 5.51. The smallest absolute Gasteiger partial charge is 0.271 e. The zero-order valence-electron chi connectivity index (χ0n) is 21.5. The van der Waals surface area contributed by atoms with Crippen molar-refractivity contribution < 1.29 is 14.4 Å². The Morgan fingerprint density at radius 1 is 0.850 bits per heavy atom. The van der Waals surface area contributed by atoms with Crippen LogP contribution in [0.2, 0.25) is 5.02 Å². The lowest BCUT2D eigenvalue weighted by Gasteiger charge is -2.52. The largest absolute Gasteiger partial charge is 0.274 e. The third-order valence-corrected chi connectivity index (χ3v) is 8.77. The van der Waals surface area contributed by atoms with Crippen LogP contribution in [0.3, 0.4) is 0 Å². The highest BCUT2D eigenvalue weighted by molar-refractivity contribution is 6.30. The minimum atomic E-state index is -1.05. The Morgan fingerprint density at radius 3 is 2.08 bits per heavy atom. The zero-order chi connectivity index (χ0) is 27.6. The summed E-state index contributed by atoms with van der Waals surface area (Å²) in [6.45, 7) is 1.97. The predicted molar refractivity (Wildman–Crippen MR) is 154 cm³/mol. The van der Waals surface area contributed by atoms with E-state index >= 15 is 0 Å². The maximum Gasteiger partial charge on any atom is 0.271 e. The van der Waals surface area contributed by atoms with Crippen LogP contribution in [0.4, 0.5) is 5.69 Å². The van der Waals surface area contributed by atoms with E-state index in [9.17, 15) is 14.4 Å². The van der Waals surface area contributed by atoms with Gasteiger partial charge in [0.25, 0.3) is 5.91 Å². The number of imide groups is 1. The van der Waals surface area contributed by atoms with Crippen LogP contribution < -0.4 is 10.3 Å². The molecule has 1 aliphatic heterocycles. The highest BCUT2D eigenvalue weighted by Crippen LogP contribution is 2.63. The molecular formula is C33H24ClN3O3. The number of anilines is 1. The standard InChI is InChI=1S/C33H24ClN3O3/c1-19-10-16-22(17-11-19)37-31(39)28-27-23-6-2-4-8-25(23)33(29(28)32(37)40,26-9-5-3-7-24(26)27)18-35-36-30(38)20-12-14-21(34)15-13-20/h2-18,27-29H,1H3,(H,36,38)/b35-18-/t27?,28-,29+,33?/m1/s1. The second-order valence-electron chi connectivity index (χ2n) is 10.6. The van der Waals surface area contributed by atoms with Crippen LogP contribution in [-0.4, -0.2) is 23.9 Å². The fraction of sp³-hybridized carbons (Fsp3) is 0.152. The quantitative estimate of drug-likeness (QED) is 0.205. The van der Waals surface area contributed by atoms with Gasteiger partial charge in [0.2, 0.25) is 11.8 Å². The number of carbonyl (C=O) groups excluding carboxylic acids is 3. The summed E-state index contributed by atoms with van der Waals surface area (Å²) in [5.41, 5.74) is 7.46. The van der Waals surface area contributed by atoms with E-state index < -0.39 is 23.2 Å². The molecule has 0 radical (unpaired) electrons. The molecule has 2 bridgehead atoms. The Labute approximate surface area is 236 Å². The summed E-state index contributed by atoms with van der Waals surface area (Å²) in [4.78, 5) is 42.8. The van der Waals surface area contributed by atoms with Crippen LogP contribution in [0, 0.1) is 18.8 Å². The lowest BCUT2D eigenvalue weighted by molar-refractivity contribution is -0.122. The molecule has 7 heteroatoms. The van der Waals surface area contributed by atoms with Gasteiger partial charge in [-0.1, -0.05) is 77.8 Å². The zero-order valence-corrected chi connectivity index (χ0v) is 22.3. The molecule has 4 aliphatic rings. The molecular weight excluding hydrogens is 522 g/mol. The first-order valence-electron chi connectivity index (χ1n) is 13.2. The van der Waals surface area contributed by atoms with Crippen molar-refractivity contribution in [3.8, 4) is 0 Å². The summed E-state index contributed by atoms with van der Waals surface area (Å²) in [6.07, 6.45) is 1.66. The molecule has 6 nitrogen and oxygen atoms in total. The van der Waals surface area contributed by atoms with E-state index in [4.69, 9.17) is 11.6 Å². The van der Waals surface area contributed by atoms with E-state index in [1.165, 1.54) is 4.90 Å². The highest BCUT2D eigenvalue weighted by atomic mass is 35.5. The van der Waals surface area contributed by atoms with Gasteiger partial charge >= 0.3 is 0 Å². The predicted octanol–water partition coefficient (Wildman–Crippen LogP) is 5.62. The molecule has 2 atom stereocenters. The molecule has 4 aromatic rings. The summed E-state index contributed by atoms with van der Waals surface area (Å²) >= 11 is 5.98. The molecule has 196 valence electrons. The SMILES string of the molecule is Cc1ccc(N2C(=O)[C@@H]3C4c5ccccc5C(/C=N\NC(=O)c5ccc(Cl)cc5)(c5ccccc54)[C@@H]3C2=O)cc1. The summed E-state index contributed by atoms with van der Waals surface area (Å²) < 4.78 is 0. The van der Waals surface area contributed by atoms with E-state index in [2.05, 4.69) is 10.5 Å². The molecule has 0 unspecified atom stereocenters. The van der Waals surface area contributed by atoms with E-state index in [1.54, 1.807) is 30.5 Å². The summed E-state index contributed by atoms with van der Waals surface area (Å²) in [6, 6.07) is 29.9. The van der Waals surface area contributed by atoms with E-state index in [0.29, 0.717) is 16.3 Å². The molecule has 0 aromatic heterocycles. The van der Waals surface area contributed by atoms with Gasteiger partial charge in [0, 0.05) is 22.7 Å². The first-order chi connectivity index (χ1) is 19.4. The Bertz CT molecular complexity index is 1680. The van der Waals surface area contributed by atoms with Crippen molar-refractivity contribution in [1.29, 1.82) is 0 Å². The minimum Gasteiger partial charge on any atom is -0.274 e. The first kappa shape index (κ1) is 24.5. The molecule has 4 aromatic carbocycles. The van der Waals surface area contributed by atoms with Crippen molar-refractivity contribution >= 4 is 41.2 Å². The first-order valence-corrected chi connectivity index (χ1v) is 13.5. The fourth-order valence-electron chi connectivity index (χ4n) is 6.86. The van der Waals surface area contributed by atoms with Gasteiger partial charge in [-0.2, -0.15) is 5.10 Å². The highest BCUT2D eigenvalue weighted by Gasteiger charge is 2.68. The Morgan fingerprint density at radius 2 is 1.45 bits per heavy atom. The van der Waals surface area contributed by atoms with Crippen LogP contribution in [0.5, 0.6) is 0 Å². The molecule has 0 saturated carbocycles. The van der Waals surface area contributed by atoms with Crippen molar-refractivity contribution in [3.63, 3.8) is 0 Å². The van der Waals surface area contributed by atoms with Gasteiger partial charge in [0.1, 0.15) is 0 Å². The molecule has 3 aliphatic carbocycles. The molecule has 1 N–H and O–H groups in total. The minimum absolute atomic E-state index is 0.212. The average Bonchev–Trinajstić information content (AvgIpc) is 3.24. The molecule has 1 saturated heterocycles.